The highest BCUT2D eigenvalue weighted by Crippen LogP contribution is 2.60. The van der Waals surface area contributed by atoms with Crippen molar-refractivity contribution in [3.63, 3.8) is 0 Å². The van der Waals surface area contributed by atoms with Gasteiger partial charge in [-0.3, -0.25) is 4.79 Å². The molecule has 0 heterocycles. The molecule has 0 radical (unpaired) electrons. The third-order valence-corrected chi connectivity index (χ3v) is 6.52. The van der Waals surface area contributed by atoms with Crippen LogP contribution in [0.25, 0.3) is 0 Å². The summed E-state index contributed by atoms with van der Waals surface area (Å²) in [6.07, 6.45) is 5.26. The van der Waals surface area contributed by atoms with E-state index in [0.29, 0.717) is 30.6 Å². The molecule has 0 spiro atoms. The third-order valence-electron chi connectivity index (χ3n) is 6.52. The Morgan fingerprint density at radius 1 is 1.00 bits per heavy atom. The van der Waals surface area contributed by atoms with Gasteiger partial charge in [-0.05, 0) is 69.1 Å². The van der Waals surface area contributed by atoms with E-state index in [9.17, 15) is 14.4 Å². The second kappa shape index (κ2) is 5.61. The number of aliphatic carboxylic acids is 1. The number of ether oxygens (including phenoxy) is 2. The zero-order valence-electron chi connectivity index (χ0n) is 14.5. The molecule has 0 aliphatic heterocycles. The lowest BCUT2D eigenvalue weighted by molar-refractivity contribution is -0.191. The van der Waals surface area contributed by atoms with E-state index in [2.05, 4.69) is 5.32 Å². The van der Waals surface area contributed by atoms with Gasteiger partial charge in [-0.25, -0.2) is 9.59 Å². The minimum Gasteiger partial charge on any atom is -0.480 e. The van der Waals surface area contributed by atoms with E-state index in [4.69, 9.17) is 14.6 Å². The van der Waals surface area contributed by atoms with Gasteiger partial charge < -0.3 is 19.9 Å². The Bertz CT molecular complexity index is 575. The van der Waals surface area contributed by atoms with Crippen molar-refractivity contribution in [1.29, 1.82) is 0 Å². The molecule has 5 fully saturated rings. The van der Waals surface area contributed by atoms with Crippen molar-refractivity contribution in [2.24, 2.45) is 23.2 Å². The fourth-order valence-electron chi connectivity index (χ4n) is 5.55. The number of nitrogens with one attached hydrogen (secondary N) is 1. The normalized spacial score (nSPS) is 37.9. The molecule has 7 nitrogen and oxygen atoms in total. The van der Waals surface area contributed by atoms with Gasteiger partial charge in [0.25, 0.3) is 0 Å². The number of alkyl carbamates (subject to hydrolysis) is 1. The van der Waals surface area contributed by atoms with Gasteiger partial charge >= 0.3 is 18.0 Å². The summed E-state index contributed by atoms with van der Waals surface area (Å²) in [6.45, 7) is 1.50. The van der Waals surface area contributed by atoms with E-state index < -0.39 is 29.3 Å². The van der Waals surface area contributed by atoms with Crippen LogP contribution in [-0.2, 0) is 19.1 Å². The lowest BCUT2D eigenvalue weighted by Crippen LogP contribution is -2.51. The number of carbonyl (C=O) groups excluding carboxylic acids is 2. The van der Waals surface area contributed by atoms with Gasteiger partial charge in [0.2, 0.25) is 6.29 Å². The SMILES string of the molecule is CC(OC(=O)NC1(C(=O)O)CC1)OC(=O)C12CC3CC(CC(C3)C1)C2. The summed E-state index contributed by atoms with van der Waals surface area (Å²) in [7, 11) is 0. The number of amides is 1. The third kappa shape index (κ3) is 2.98. The van der Waals surface area contributed by atoms with Gasteiger partial charge in [-0.2, -0.15) is 0 Å². The Morgan fingerprint density at radius 2 is 1.52 bits per heavy atom. The van der Waals surface area contributed by atoms with Crippen LogP contribution in [0.2, 0.25) is 0 Å². The molecular weight excluding hydrogens is 326 g/mol. The summed E-state index contributed by atoms with van der Waals surface area (Å²) in [5.74, 6) is 0.560. The molecule has 25 heavy (non-hydrogen) atoms. The largest absolute Gasteiger partial charge is 0.480 e. The van der Waals surface area contributed by atoms with E-state index in [1.54, 1.807) is 0 Å². The van der Waals surface area contributed by atoms with Gasteiger partial charge in [0.1, 0.15) is 5.54 Å². The van der Waals surface area contributed by atoms with Crippen molar-refractivity contribution in [3.05, 3.63) is 0 Å². The number of carbonyl (C=O) groups is 3. The number of rotatable bonds is 5. The summed E-state index contributed by atoms with van der Waals surface area (Å²) < 4.78 is 10.5. The van der Waals surface area contributed by atoms with Crippen molar-refractivity contribution < 1.29 is 29.0 Å². The highest BCUT2D eigenvalue weighted by Gasteiger charge is 2.56. The smallest absolute Gasteiger partial charge is 0.411 e. The zero-order chi connectivity index (χ0) is 17.8. The van der Waals surface area contributed by atoms with Crippen LogP contribution in [0.15, 0.2) is 0 Å². The fraction of sp³-hybridized carbons (Fsp3) is 0.833. The van der Waals surface area contributed by atoms with Gasteiger partial charge in [0.05, 0.1) is 5.41 Å². The zero-order valence-corrected chi connectivity index (χ0v) is 14.5. The standard InChI is InChI=1S/C18H25NO6/c1-10(25-16(23)19-18(2-3-18)14(20)21)24-15(22)17-7-11-4-12(8-17)6-13(5-11)9-17/h10-13H,2-9H2,1H3,(H,19,23)(H,20,21). The molecule has 5 rings (SSSR count). The minimum atomic E-state index is -1.21. The summed E-state index contributed by atoms with van der Waals surface area (Å²) in [5, 5.41) is 11.4. The average molecular weight is 351 g/mol. The molecule has 0 saturated heterocycles. The molecule has 0 aromatic carbocycles. The van der Waals surface area contributed by atoms with Crippen LogP contribution in [0.4, 0.5) is 4.79 Å². The van der Waals surface area contributed by atoms with Crippen LogP contribution in [0.3, 0.4) is 0 Å². The molecule has 5 aliphatic rings. The highest BCUT2D eigenvalue weighted by molar-refractivity contribution is 5.87. The van der Waals surface area contributed by atoms with Gasteiger partial charge in [-0.15, -0.1) is 0 Å². The predicted molar refractivity (Wildman–Crippen MR) is 85.4 cm³/mol. The average Bonchev–Trinajstić information content (AvgIpc) is 3.26. The van der Waals surface area contributed by atoms with Crippen LogP contribution in [0.5, 0.6) is 0 Å². The van der Waals surface area contributed by atoms with Crippen LogP contribution in [0.1, 0.15) is 58.3 Å². The molecule has 1 unspecified atom stereocenters. The molecule has 5 aliphatic carbocycles. The number of hydrogen-bond acceptors (Lipinski definition) is 5. The van der Waals surface area contributed by atoms with Gasteiger partial charge in [0, 0.05) is 6.92 Å². The van der Waals surface area contributed by atoms with Crippen molar-refractivity contribution in [2.45, 2.75) is 70.1 Å². The van der Waals surface area contributed by atoms with E-state index in [0.717, 1.165) is 19.3 Å². The Balaban J connectivity index is 1.32. The summed E-state index contributed by atoms with van der Waals surface area (Å²) >= 11 is 0. The van der Waals surface area contributed by atoms with Gasteiger partial charge in [0.15, 0.2) is 0 Å². The van der Waals surface area contributed by atoms with Crippen molar-refractivity contribution >= 4 is 18.0 Å². The minimum absolute atomic E-state index is 0.258. The molecule has 2 N–H and O–H groups in total. The number of carboxylic acids is 1. The maximum Gasteiger partial charge on any atom is 0.411 e. The monoisotopic (exact) mass is 351 g/mol. The van der Waals surface area contributed by atoms with E-state index in [1.807, 2.05) is 0 Å². The van der Waals surface area contributed by atoms with Crippen molar-refractivity contribution in [1.82, 2.24) is 5.32 Å². The van der Waals surface area contributed by atoms with Crippen LogP contribution < -0.4 is 5.32 Å². The molecule has 5 saturated carbocycles. The Morgan fingerprint density at radius 3 is 1.96 bits per heavy atom. The van der Waals surface area contributed by atoms with E-state index in [1.165, 1.54) is 26.2 Å². The number of carboxylic acid groups (broad SMARTS) is 1. The quantitative estimate of drug-likeness (QED) is 0.583. The molecule has 1 amide bonds. The van der Waals surface area contributed by atoms with Gasteiger partial charge in [-0.1, -0.05) is 0 Å². The summed E-state index contributed by atoms with van der Waals surface area (Å²) in [6, 6.07) is 0. The first-order valence-corrected chi connectivity index (χ1v) is 9.23. The second-order valence-electron chi connectivity index (χ2n) is 8.59. The van der Waals surface area contributed by atoms with E-state index in [-0.39, 0.29) is 5.97 Å². The number of esters is 1. The Kier molecular flexibility index (Phi) is 3.74. The molecule has 138 valence electrons. The van der Waals surface area contributed by atoms with Crippen LogP contribution in [-0.4, -0.2) is 35.0 Å². The van der Waals surface area contributed by atoms with E-state index >= 15 is 0 Å². The van der Waals surface area contributed by atoms with Crippen molar-refractivity contribution in [2.75, 3.05) is 0 Å². The van der Waals surface area contributed by atoms with Crippen LogP contribution in [0, 0.1) is 23.2 Å². The summed E-state index contributed by atoms with van der Waals surface area (Å²) in [5.41, 5.74) is -1.61. The topological polar surface area (TPSA) is 102 Å². The first-order valence-electron chi connectivity index (χ1n) is 9.23. The fourth-order valence-corrected chi connectivity index (χ4v) is 5.55. The molecule has 4 bridgehead atoms. The van der Waals surface area contributed by atoms with Crippen molar-refractivity contribution in [3.8, 4) is 0 Å². The first-order chi connectivity index (χ1) is 11.8. The maximum absolute atomic E-state index is 12.8. The lowest BCUT2D eigenvalue weighted by atomic mass is 9.49. The Labute approximate surface area is 146 Å². The predicted octanol–water partition coefficient (Wildman–Crippen LogP) is 2.44. The highest BCUT2D eigenvalue weighted by atomic mass is 16.7. The second-order valence-corrected chi connectivity index (χ2v) is 8.59. The molecule has 1 atom stereocenters. The lowest BCUT2D eigenvalue weighted by Gasteiger charge is -2.55. The number of hydrogen-bond donors (Lipinski definition) is 2. The molecular formula is C18H25NO6. The maximum atomic E-state index is 12.8. The molecule has 7 heteroatoms. The van der Waals surface area contributed by atoms with Crippen LogP contribution >= 0.6 is 0 Å². The Hall–Kier alpha value is -1.79. The molecule has 0 aromatic heterocycles. The first kappa shape index (κ1) is 16.7. The molecule has 0 aromatic rings. The summed E-state index contributed by atoms with van der Waals surface area (Å²) in [4.78, 5) is 35.7.